The van der Waals surface area contributed by atoms with Gasteiger partial charge < -0.3 is 14.8 Å². The zero-order valence-electron chi connectivity index (χ0n) is 12.1. The molecule has 0 fully saturated rings. The fraction of sp³-hybridized carbons (Fsp3) is 0.200. The van der Waals surface area contributed by atoms with Crippen molar-refractivity contribution in [2.75, 3.05) is 6.79 Å². The second-order valence-electron chi connectivity index (χ2n) is 4.37. The lowest BCUT2D eigenvalue weighted by molar-refractivity contribution is -0.117. The molecule has 22 heavy (non-hydrogen) atoms. The SMILES string of the molecule is C/C=C/C=C/C(=O)NNC(=S)NCc1ccc2c(c1)OCO2. The molecule has 1 aliphatic heterocycles. The number of allylic oxidation sites excluding steroid dienone is 3. The van der Waals surface area contributed by atoms with Gasteiger partial charge in [0, 0.05) is 12.6 Å². The maximum absolute atomic E-state index is 11.4. The Bertz CT molecular complexity index is 614. The van der Waals surface area contributed by atoms with Gasteiger partial charge in [-0.3, -0.25) is 15.6 Å². The first-order chi connectivity index (χ1) is 10.7. The Hall–Kier alpha value is -2.54. The number of thiocarbonyl (C=S) groups is 1. The van der Waals surface area contributed by atoms with E-state index in [1.807, 2.05) is 31.2 Å². The largest absolute Gasteiger partial charge is 0.454 e. The predicted octanol–water partition coefficient (Wildman–Crippen LogP) is 1.54. The number of carbonyl (C=O) groups is 1. The van der Waals surface area contributed by atoms with E-state index in [-0.39, 0.29) is 12.7 Å². The Labute approximate surface area is 134 Å². The first kappa shape index (κ1) is 15.8. The van der Waals surface area contributed by atoms with Crippen molar-refractivity contribution in [3.8, 4) is 11.5 Å². The van der Waals surface area contributed by atoms with Crippen LogP contribution in [0.1, 0.15) is 12.5 Å². The Balaban J connectivity index is 1.72. The zero-order chi connectivity index (χ0) is 15.8. The quantitative estimate of drug-likeness (QED) is 0.338. The van der Waals surface area contributed by atoms with Crippen LogP contribution in [0.15, 0.2) is 42.5 Å². The van der Waals surface area contributed by atoms with Crippen molar-refractivity contribution in [2.45, 2.75) is 13.5 Å². The smallest absolute Gasteiger partial charge is 0.262 e. The molecule has 116 valence electrons. The number of ether oxygens (including phenoxy) is 2. The summed E-state index contributed by atoms with van der Waals surface area (Å²) in [5.74, 6) is 1.18. The van der Waals surface area contributed by atoms with Crippen LogP contribution in [0.25, 0.3) is 0 Å². The summed E-state index contributed by atoms with van der Waals surface area (Å²) in [5.41, 5.74) is 6.08. The summed E-state index contributed by atoms with van der Waals surface area (Å²) in [6.07, 6.45) is 6.62. The highest BCUT2D eigenvalue weighted by atomic mass is 32.1. The van der Waals surface area contributed by atoms with Crippen molar-refractivity contribution in [1.29, 1.82) is 0 Å². The number of fused-ring (bicyclic) bond motifs is 1. The molecule has 0 bridgehead atoms. The maximum Gasteiger partial charge on any atom is 0.262 e. The van der Waals surface area contributed by atoms with Crippen molar-refractivity contribution in [3.63, 3.8) is 0 Å². The van der Waals surface area contributed by atoms with Crippen LogP contribution in [0, 0.1) is 0 Å². The van der Waals surface area contributed by atoms with Gasteiger partial charge in [-0.25, -0.2) is 0 Å². The first-order valence-corrected chi connectivity index (χ1v) is 7.11. The van der Waals surface area contributed by atoms with E-state index < -0.39 is 0 Å². The topological polar surface area (TPSA) is 71.6 Å². The number of nitrogens with one attached hydrogen (secondary N) is 3. The Kier molecular flexibility index (Phi) is 5.79. The van der Waals surface area contributed by atoms with Crippen LogP contribution in [0.4, 0.5) is 0 Å². The predicted molar refractivity (Wildman–Crippen MR) is 87.2 cm³/mol. The third-order valence-corrected chi connectivity index (χ3v) is 2.99. The van der Waals surface area contributed by atoms with Gasteiger partial charge in [0.15, 0.2) is 16.6 Å². The second-order valence-corrected chi connectivity index (χ2v) is 4.78. The summed E-state index contributed by atoms with van der Waals surface area (Å²) in [5, 5.41) is 3.31. The highest BCUT2D eigenvalue weighted by Crippen LogP contribution is 2.32. The van der Waals surface area contributed by atoms with Crippen molar-refractivity contribution in [3.05, 3.63) is 48.1 Å². The monoisotopic (exact) mass is 319 g/mol. The summed E-state index contributed by atoms with van der Waals surface area (Å²) >= 11 is 5.08. The van der Waals surface area contributed by atoms with Gasteiger partial charge in [-0.1, -0.05) is 24.3 Å². The third-order valence-electron chi connectivity index (χ3n) is 2.74. The van der Waals surface area contributed by atoms with Gasteiger partial charge >= 0.3 is 0 Å². The van der Waals surface area contributed by atoms with E-state index in [4.69, 9.17) is 21.7 Å². The average Bonchev–Trinajstić information content (AvgIpc) is 2.98. The number of benzene rings is 1. The molecule has 7 heteroatoms. The third kappa shape index (κ3) is 4.78. The molecule has 0 aromatic heterocycles. The maximum atomic E-state index is 11.4. The van der Waals surface area contributed by atoms with E-state index in [0.29, 0.717) is 11.7 Å². The molecule has 1 aromatic carbocycles. The molecule has 0 spiro atoms. The van der Waals surface area contributed by atoms with Crippen LogP contribution in [0.2, 0.25) is 0 Å². The molecule has 0 unspecified atom stereocenters. The number of rotatable bonds is 4. The van der Waals surface area contributed by atoms with Crippen molar-refractivity contribution >= 4 is 23.2 Å². The molecule has 0 saturated heterocycles. The molecule has 0 saturated carbocycles. The van der Waals surface area contributed by atoms with E-state index in [1.165, 1.54) is 6.08 Å². The van der Waals surface area contributed by atoms with Crippen LogP contribution < -0.4 is 25.6 Å². The lowest BCUT2D eigenvalue weighted by Gasteiger charge is -2.10. The van der Waals surface area contributed by atoms with E-state index in [9.17, 15) is 4.79 Å². The Morgan fingerprint density at radius 2 is 2.09 bits per heavy atom. The van der Waals surface area contributed by atoms with Crippen LogP contribution in [-0.2, 0) is 11.3 Å². The number of hydrazine groups is 1. The molecular formula is C15H17N3O3S. The number of amides is 1. The fourth-order valence-electron chi connectivity index (χ4n) is 1.69. The molecule has 0 atom stereocenters. The van der Waals surface area contributed by atoms with Crippen LogP contribution in [0.5, 0.6) is 11.5 Å². The fourth-order valence-corrected chi connectivity index (χ4v) is 1.81. The molecule has 0 aliphatic carbocycles. The van der Waals surface area contributed by atoms with Crippen molar-refractivity contribution < 1.29 is 14.3 Å². The highest BCUT2D eigenvalue weighted by Gasteiger charge is 2.12. The van der Waals surface area contributed by atoms with E-state index in [2.05, 4.69) is 16.2 Å². The normalized spacial score (nSPS) is 12.6. The minimum Gasteiger partial charge on any atom is -0.454 e. The summed E-state index contributed by atoms with van der Waals surface area (Å²) in [4.78, 5) is 11.4. The van der Waals surface area contributed by atoms with Gasteiger partial charge in [0.25, 0.3) is 5.91 Å². The molecule has 1 amide bonds. The van der Waals surface area contributed by atoms with E-state index in [0.717, 1.165) is 17.1 Å². The van der Waals surface area contributed by atoms with Gasteiger partial charge in [-0.05, 0) is 36.8 Å². The van der Waals surface area contributed by atoms with Crippen molar-refractivity contribution in [1.82, 2.24) is 16.2 Å². The van der Waals surface area contributed by atoms with Gasteiger partial charge in [-0.15, -0.1) is 0 Å². The molecular weight excluding hydrogens is 302 g/mol. The highest BCUT2D eigenvalue weighted by molar-refractivity contribution is 7.80. The van der Waals surface area contributed by atoms with E-state index in [1.54, 1.807) is 12.2 Å². The summed E-state index contributed by atoms with van der Waals surface area (Å²) < 4.78 is 10.5. The molecule has 1 heterocycles. The van der Waals surface area contributed by atoms with Gasteiger partial charge in [0.2, 0.25) is 6.79 Å². The standard InChI is InChI=1S/C15H17N3O3S/c1-2-3-4-5-14(19)17-18-15(22)16-9-11-6-7-12-13(8-11)21-10-20-12/h2-8H,9-10H2,1H3,(H,17,19)(H2,16,18,22)/b3-2+,5-4+. The van der Waals surface area contributed by atoms with Gasteiger partial charge in [-0.2, -0.15) is 0 Å². The molecule has 6 nitrogen and oxygen atoms in total. The molecule has 1 aliphatic rings. The summed E-state index contributed by atoms with van der Waals surface area (Å²) in [7, 11) is 0. The second kappa shape index (κ2) is 8.04. The minimum absolute atomic E-state index is 0.249. The van der Waals surface area contributed by atoms with Gasteiger partial charge in [0.05, 0.1) is 0 Å². The summed E-state index contributed by atoms with van der Waals surface area (Å²) in [6.45, 7) is 2.63. The van der Waals surface area contributed by atoms with E-state index >= 15 is 0 Å². The van der Waals surface area contributed by atoms with Crippen LogP contribution >= 0.6 is 12.2 Å². The summed E-state index contributed by atoms with van der Waals surface area (Å²) in [6, 6.07) is 5.65. The van der Waals surface area contributed by atoms with Crippen molar-refractivity contribution in [2.24, 2.45) is 0 Å². The number of hydrogen-bond donors (Lipinski definition) is 3. The molecule has 1 aromatic rings. The number of hydrogen-bond acceptors (Lipinski definition) is 4. The average molecular weight is 319 g/mol. The first-order valence-electron chi connectivity index (χ1n) is 6.71. The van der Waals surface area contributed by atoms with Crippen LogP contribution in [-0.4, -0.2) is 17.8 Å². The lowest BCUT2D eigenvalue weighted by atomic mass is 10.2. The molecule has 2 rings (SSSR count). The Morgan fingerprint density at radius 3 is 2.91 bits per heavy atom. The molecule has 3 N–H and O–H groups in total. The van der Waals surface area contributed by atoms with Gasteiger partial charge in [0.1, 0.15) is 0 Å². The van der Waals surface area contributed by atoms with Crippen LogP contribution in [0.3, 0.4) is 0 Å². The lowest BCUT2D eigenvalue weighted by Crippen LogP contribution is -2.45. The molecule has 0 radical (unpaired) electrons. The number of carbonyl (C=O) groups excluding carboxylic acids is 1. The minimum atomic E-state index is -0.287. The Morgan fingerprint density at radius 1 is 1.27 bits per heavy atom. The zero-order valence-corrected chi connectivity index (χ0v) is 12.9.